The van der Waals surface area contributed by atoms with E-state index in [1.807, 2.05) is 17.9 Å². The maximum absolute atomic E-state index is 13.5. The van der Waals surface area contributed by atoms with Crippen molar-refractivity contribution >= 4 is 40.0 Å². The first-order chi connectivity index (χ1) is 16.1. The lowest BCUT2D eigenvalue weighted by Crippen LogP contribution is -2.54. The summed E-state index contributed by atoms with van der Waals surface area (Å²) in [7, 11) is 1.69. The van der Waals surface area contributed by atoms with E-state index in [0.29, 0.717) is 23.8 Å². The molecule has 11 heteroatoms. The van der Waals surface area contributed by atoms with E-state index in [2.05, 4.69) is 4.98 Å². The summed E-state index contributed by atoms with van der Waals surface area (Å²) < 4.78 is 41.2. The Kier molecular flexibility index (Phi) is 6.58. The van der Waals surface area contributed by atoms with Crippen LogP contribution >= 0.6 is 23.3 Å². The molecule has 0 bridgehead atoms. The van der Waals surface area contributed by atoms with Gasteiger partial charge in [-0.2, -0.15) is 18.4 Å². The number of thiazole rings is 1. The van der Waals surface area contributed by atoms with Gasteiger partial charge in [-0.3, -0.25) is 14.8 Å². The Balaban J connectivity index is 1.46. The number of nitrogens with two attached hydrogens (primary N) is 1. The fourth-order valence-corrected chi connectivity index (χ4v) is 5.19. The topological polar surface area (TPSA) is 86.2 Å². The van der Waals surface area contributed by atoms with Crippen molar-refractivity contribution in [3.63, 3.8) is 0 Å². The van der Waals surface area contributed by atoms with Crippen LogP contribution in [0.3, 0.4) is 0 Å². The van der Waals surface area contributed by atoms with Gasteiger partial charge in [0.05, 0.1) is 33.0 Å². The van der Waals surface area contributed by atoms with Gasteiger partial charge in [0.1, 0.15) is 0 Å². The summed E-state index contributed by atoms with van der Waals surface area (Å²) in [6.45, 7) is 2.85. The highest BCUT2D eigenvalue weighted by atomic mass is 32.2. The van der Waals surface area contributed by atoms with Crippen LogP contribution in [-0.4, -0.2) is 31.0 Å². The number of benzene rings is 2. The predicted molar refractivity (Wildman–Crippen MR) is 128 cm³/mol. The molecule has 176 valence electrons. The van der Waals surface area contributed by atoms with E-state index in [-0.39, 0.29) is 23.0 Å². The van der Waals surface area contributed by atoms with Crippen LogP contribution in [-0.2, 0) is 11.0 Å². The van der Waals surface area contributed by atoms with E-state index in [1.54, 1.807) is 36.2 Å². The summed E-state index contributed by atoms with van der Waals surface area (Å²) >= 11 is 2.47. The number of hydrogen-bond acceptors (Lipinski definition) is 7. The quantitative estimate of drug-likeness (QED) is 0.489. The minimum atomic E-state index is -4.53. The molecule has 4 rings (SSSR count). The third-order valence-corrected chi connectivity index (χ3v) is 7.77. The number of carbonyl (C=O) groups is 1. The molecule has 0 radical (unpaired) electrons. The smallest absolute Gasteiger partial charge is 0.370 e. The molecule has 0 unspecified atom stereocenters. The van der Waals surface area contributed by atoms with Crippen LogP contribution in [0.25, 0.3) is 11.1 Å². The van der Waals surface area contributed by atoms with Gasteiger partial charge in [-0.1, -0.05) is 23.5 Å². The number of anilines is 2. The standard InChI is InChI=1S/C23H20F3N5OS2/c1-13-21(34-28)33-22(29-13)30(2)20(32)16-11-31(12-16)17-6-4-15(5-7-17)18-9-14(10-27)3-8-19(18)23(24,25)26/h3-9,16H,11-12,28H2,1-2H3. The molecule has 2 aromatic carbocycles. The van der Waals surface area contributed by atoms with Crippen molar-refractivity contribution in [3.05, 3.63) is 59.3 Å². The molecule has 0 atom stereocenters. The lowest BCUT2D eigenvalue weighted by Gasteiger charge is -2.41. The van der Waals surface area contributed by atoms with Gasteiger partial charge in [0.2, 0.25) is 5.91 Å². The number of carbonyl (C=O) groups excluding carboxylic acids is 1. The molecule has 1 amide bonds. The Hall–Kier alpha value is -3.07. The first kappa shape index (κ1) is 24.1. The number of alkyl halides is 3. The van der Waals surface area contributed by atoms with Gasteiger partial charge in [0, 0.05) is 25.8 Å². The lowest BCUT2D eigenvalue weighted by atomic mass is 9.95. The molecule has 34 heavy (non-hydrogen) atoms. The third kappa shape index (κ3) is 4.61. The number of amides is 1. The van der Waals surface area contributed by atoms with Crippen LogP contribution in [0, 0.1) is 24.2 Å². The van der Waals surface area contributed by atoms with Crippen molar-refractivity contribution in [2.45, 2.75) is 17.3 Å². The highest BCUT2D eigenvalue weighted by Gasteiger charge is 2.36. The zero-order valence-corrected chi connectivity index (χ0v) is 19.9. The second-order valence-corrected chi connectivity index (χ2v) is 9.78. The number of rotatable bonds is 5. The van der Waals surface area contributed by atoms with Crippen molar-refractivity contribution in [3.8, 4) is 17.2 Å². The molecule has 0 aliphatic carbocycles. The first-order valence-electron chi connectivity index (χ1n) is 10.2. The highest BCUT2D eigenvalue weighted by Crippen LogP contribution is 2.39. The monoisotopic (exact) mass is 503 g/mol. The third-order valence-electron chi connectivity index (χ3n) is 5.70. The number of hydrogen-bond donors (Lipinski definition) is 1. The lowest BCUT2D eigenvalue weighted by molar-refractivity contribution is -0.137. The summed E-state index contributed by atoms with van der Waals surface area (Å²) in [4.78, 5) is 20.8. The summed E-state index contributed by atoms with van der Waals surface area (Å²) in [5.41, 5.74) is 1.31. The molecule has 1 aliphatic heterocycles. The van der Waals surface area contributed by atoms with Crippen LogP contribution in [0.5, 0.6) is 0 Å². The summed E-state index contributed by atoms with van der Waals surface area (Å²) in [5.74, 6) is -0.245. The average Bonchev–Trinajstić information content (AvgIpc) is 3.17. The van der Waals surface area contributed by atoms with Crippen molar-refractivity contribution in [2.24, 2.45) is 11.1 Å². The summed E-state index contributed by atoms with van der Waals surface area (Å²) in [5, 5.41) is 15.3. The Morgan fingerprint density at radius 3 is 2.50 bits per heavy atom. The maximum atomic E-state index is 13.5. The Morgan fingerprint density at radius 1 is 1.26 bits per heavy atom. The predicted octanol–water partition coefficient (Wildman–Crippen LogP) is 5.07. The zero-order valence-electron chi connectivity index (χ0n) is 18.3. The number of halogens is 3. The van der Waals surface area contributed by atoms with Gasteiger partial charge in [0.25, 0.3) is 0 Å². The van der Waals surface area contributed by atoms with Gasteiger partial charge in [-0.05, 0) is 60.3 Å². The fraction of sp³-hybridized carbons (Fsp3) is 0.261. The second kappa shape index (κ2) is 9.29. The normalized spacial score (nSPS) is 14.0. The molecule has 1 saturated heterocycles. The molecule has 3 aromatic rings. The average molecular weight is 504 g/mol. The number of aryl methyl sites for hydroxylation is 1. The largest absolute Gasteiger partial charge is 0.417 e. The maximum Gasteiger partial charge on any atom is 0.417 e. The van der Waals surface area contributed by atoms with Crippen molar-refractivity contribution in [1.29, 1.82) is 5.26 Å². The van der Waals surface area contributed by atoms with Crippen LogP contribution in [0.2, 0.25) is 0 Å². The van der Waals surface area contributed by atoms with E-state index in [9.17, 15) is 18.0 Å². The van der Waals surface area contributed by atoms with E-state index >= 15 is 0 Å². The number of aromatic nitrogens is 1. The minimum Gasteiger partial charge on any atom is -0.370 e. The summed E-state index contributed by atoms with van der Waals surface area (Å²) in [6, 6.07) is 11.9. The molecule has 0 spiro atoms. The van der Waals surface area contributed by atoms with Gasteiger partial charge in [-0.25, -0.2) is 4.98 Å². The van der Waals surface area contributed by atoms with Gasteiger partial charge in [0.15, 0.2) is 5.13 Å². The van der Waals surface area contributed by atoms with Gasteiger partial charge < -0.3 is 4.90 Å². The fourth-order valence-electron chi connectivity index (χ4n) is 3.79. The molecular formula is C23H20F3N5OS2. The zero-order chi connectivity index (χ0) is 24.6. The number of nitrogens with zero attached hydrogens (tertiary/aromatic N) is 4. The molecular weight excluding hydrogens is 483 g/mol. The van der Waals surface area contributed by atoms with Gasteiger partial charge in [-0.15, -0.1) is 0 Å². The SMILES string of the molecule is Cc1nc(N(C)C(=O)C2CN(c3ccc(-c4cc(C#N)ccc4C(F)(F)F)cc3)C2)sc1SN. The highest BCUT2D eigenvalue weighted by molar-refractivity contribution is 7.99. The molecule has 1 aromatic heterocycles. The van der Waals surface area contributed by atoms with Crippen LogP contribution < -0.4 is 14.9 Å². The molecule has 1 aliphatic rings. The molecule has 1 fully saturated rings. The Bertz CT molecular complexity index is 1260. The Labute approximate surface area is 202 Å². The molecule has 2 heterocycles. The van der Waals surface area contributed by atoms with E-state index in [4.69, 9.17) is 10.4 Å². The van der Waals surface area contributed by atoms with Crippen molar-refractivity contribution in [1.82, 2.24) is 4.98 Å². The molecule has 2 N–H and O–H groups in total. The van der Waals surface area contributed by atoms with Crippen LogP contribution in [0.4, 0.5) is 24.0 Å². The molecule has 0 saturated carbocycles. The van der Waals surface area contributed by atoms with E-state index in [1.165, 1.54) is 17.4 Å². The van der Waals surface area contributed by atoms with Crippen LogP contribution in [0.15, 0.2) is 46.7 Å². The number of nitriles is 1. The Morgan fingerprint density at radius 2 is 1.94 bits per heavy atom. The van der Waals surface area contributed by atoms with E-state index < -0.39 is 11.7 Å². The molecule has 6 nitrogen and oxygen atoms in total. The van der Waals surface area contributed by atoms with Crippen LogP contribution in [0.1, 0.15) is 16.8 Å². The minimum absolute atomic E-state index is 0.0369. The second-order valence-electron chi connectivity index (χ2n) is 7.90. The first-order valence-corrected chi connectivity index (χ1v) is 11.9. The van der Waals surface area contributed by atoms with E-state index in [0.717, 1.165) is 39.7 Å². The van der Waals surface area contributed by atoms with Crippen molar-refractivity contribution < 1.29 is 18.0 Å². The summed E-state index contributed by atoms with van der Waals surface area (Å²) in [6.07, 6.45) is -4.53. The van der Waals surface area contributed by atoms with Gasteiger partial charge >= 0.3 is 6.18 Å². The van der Waals surface area contributed by atoms with Crippen molar-refractivity contribution in [2.75, 3.05) is 29.9 Å².